The van der Waals surface area contributed by atoms with Gasteiger partial charge in [0, 0.05) is 22.7 Å². The Morgan fingerprint density at radius 1 is 1.52 bits per heavy atom. The molecule has 2 aliphatic heterocycles. The number of likely N-dealkylation sites (tertiary alicyclic amines) is 1. The lowest BCUT2D eigenvalue weighted by Crippen LogP contribution is -2.36. The number of nitrogens with zero attached hydrogens (tertiary/aromatic N) is 1. The third kappa shape index (κ3) is 3.00. The van der Waals surface area contributed by atoms with Gasteiger partial charge in [-0.3, -0.25) is 9.69 Å². The highest BCUT2D eigenvalue weighted by atomic mass is 35.5. The predicted molar refractivity (Wildman–Crippen MR) is 77.2 cm³/mol. The Bertz CT molecular complexity index is 549. The van der Waals surface area contributed by atoms with Gasteiger partial charge in [-0.2, -0.15) is 0 Å². The standard InChI is InChI=1S/C15H18ClNO4/c1-19-15(18)13-3-2-4-17(13)7-10-5-12(16)6-11-8-20-9-21-14(10)11/h5-6,13H,2-4,7-9H2,1H3. The third-order valence-corrected chi connectivity index (χ3v) is 4.18. The van der Waals surface area contributed by atoms with Crippen molar-refractivity contribution in [1.82, 2.24) is 4.90 Å². The minimum Gasteiger partial charge on any atom is -0.468 e. The van der Waals surface area contributed by atoms with Crippen molar-refractivity contribution in [2.45, 2.75) is 32.0 Å². The third-order valence-electron chi connectivity index (χ3n) is 3.96. The molecule has 3 rings (SSSR count). The Morgan fingerprint density at radius 3 is 3.19 bits per heavy atom. The highest BCUT2D eigenvalue weighted by Crippen LogP contribution is 2.33. The van der Waals surface area contributed by atoms with Crippen LogP contribution in [0.15, 0.2) is 12.1 Å². The van der Waals surface area contributed by atoms with Crippen molar-refractivity contribution >= 4 is 17.6 Å². The molecule has 0 N–H and O–H groups in total. The van der Waals surface area contributed by atoms with E-state index in [1.165, 1.54) is 7.11 Å². The summed E-state index contributed by atoms with van der Waals surface area (Å²) in [6, 6.07) is 3.59. The number of fused-ring (bicyclic) bond motifs is 1. The number of methoxy groups -OCH3 is 1. The normalized spacial score (nSPS) is 21.7. The second-order valence-corrected chi connectivity index (χ2v) is 5.75. The van der Waals surface area contributed by atoms with E-state index in [-0.39, 0.29) is 18.8 Å². The van der Waals surface area contributed by atoms with Gasteiger partial charge in [0.1, 0.15) is 11.8 Å². The lowest BCUT2D eigenvalue weighted by molar-refractivity contribution is -0.146. The fraction of sp³-hybridized carbons (Fsp3) is 0.533. The van der Waals surface area contributed by atoms with E-state index in [1.54, 1.807) is 0 Å². The molecule has 2 aliphatic rings. The number of benzene rings is 1. The van der Waals surface area contributed by atoms with Crippen LogP contribution in [0.4, 0.5) is 0 Å². The summed E-state index contributed by atoms with van der Waals surface area (Å²) in [6.07, 6.45) is 1.83. The SMILES string of the molecule is COC(=O)C1CCCN1Cc1cc(Cl)cc2c1OCOC2. The molecule has 0 bridgehead atoms. The van der Waals surface area contributed by atoms with Crippen molar-refractivity contribution in [3.8, 4) is 5.75 Å². The van der Waals surface area contributed by atoms with Crippen LogP contribution in [0, 0.1) is 0 Å². The molecule has 0 saturated carbocycles. The zero-order valence-corrected chi connectivity index (χ0v) is 12.7. The van der Waals surface area contributed by atoms with Crippen molar-refractivity contribution in [3.05, 3.63) is 28.3 Å². The predicted octanol–water partition coefficient (Wildman–Crippen LogP) is 2.34. The summed E-state index contributed by atoms with van der Waals surface area (Å²) in [5, 5.41) is 0.659. The smallest absolute Gasteiger partial charge is 0.323 e. The van der Waals surface area contributed by atoms with Gasteiger partial charge < -0.3 is 14.2 Å². The van der Waals surface area contributed by atoms with Crippen LogP contribution in [-0.2, 0) is 27.4 Å². The van der Waals surface area contributed by atoms with E-state index in [0.717, 1.165) is 36.3 Å². The minimum absolute atomic E-state index is 0.173. The van der Waals surface area contributed by atoms with Crippen molar-refractivity contribution in [2.75, 3.05) is 20.4 Å². The summed E-state index contributed by atoms with van der Waals surface area (Å²) >= 11 is 6.17. The monoisotopic (exact) mass is 311 g/mol. The van der Waals surface area contributed by atoms with Gasteiger partial charge >= 0.3 is 5.97 Å². The highest BCUT2D eigenvalue weighted by molar-refractivity contribution is 6.30. The van der Waals surface area contributed by atoms with Crippen molar-refractivity contribution in [1.29, 1.82) is 0 Å². The molecule has 6 heteroatoms. The summed E-state index contributed by atoms with van der Waals surface area (Å²) in [5.41, 5.74) is 1.95. The Hall–Kier alpha value is -1.30. The second-order valence-electron chi connectivity index (χ2n) is 5.32. The molecule has 0 amide bonds. The molecule has 1 atom stereocenters. The average Bonchev–Trinajstić information content (AvgIpc) is 2.94. The number of halogens is 1. The first-order chi connectivity index (χ1) is 10.2. The Labute approximate surface area is 128 Å². The summed E-state index contributed by atoms with van der Waals surface area (Å²) in [7, 11) is 1.43. The van der Waals surface area contributed by atoms with Gasteiger partial charge in [-0.15, -0.1) is 0 Å². The first-order valence-electron chi connectivity index (χ1n) is 7.03. The molecule has 21 heavy (non-hydrogen) atoms. The maximum atomic E-state index is 11.8. The Balaban J connectivity index is 1.84. The molecule has 5 nitrogen and oxygen atoms in total. The Kier molecular flexibility index (Phi) is 4.33. The summed E-state index contributed by atoms with van der Waals surface area (Å²) < 4.78 is 15.8. The molecule has 1 fully saturated rings. The van der Waals surface area contributed by atoms with E-state index in [0.29, 0.717) is 18.2 Å². The van der Waals surface area contributed by atoms with Crippen LogP contribution in [0.5, 0.6) is 5.75 Å². The quantitative estimate of drug-likeness (QED) is 0.802. The first kappa shape index (κ1) is 14.6. The molecule has 1 saturated heterocycles. The van der Waals surface area contributed by atoms with E-state index in [9.17, 15) is 4.79 Å². The number of hydrogen-bond donors (Lipinski definition) is 0. The van der Waals surface area contributed by atoms with Gasteiger partial charge in [0.2, 0.25) is 0 Å². The molecule has 0 aliphatic carbocycles. The number of carbonyl (C=O) groups excluding carboxylic acids is 1. The first-order valence-corrected chi connectivity index (χ1v) is 7.40. The van der Waals surface area contributed by atoms with Gasteiger partial charge in [-0.25, -0.2) is 0 Å². The topological polar surface area (TPSA) is 48.0 Å². The van der Waals surface area contributed by atoms with Crippen molar-refractivity contribution < 1.29 is 19.0 Å². The van der Waals surface area contributed by atoms with Gasteiger partial charge in [-0.05, 0) is 31.5 Å². The molecule has 0 spiro atoms. The minimum atomic E-state index is -0.176. The molecule has 114 valence electrons. The molecule has 0 aromatic heterocycles. The van der Waals surface area contributed by atoms with E-state index >= 15 is 0 Å². The fourth-order valence-electron chi connectivity index (χ4n) is 3.01. The van der Waals surface area contributed by atoms with Crippen LogP contribution in [-0.4, -0.2) is 37.4 Å². The van der Waals surface area contributed by atoms with E-state index < -0.39 is 0 Å². The number of hydrogen-bond acceptors (Lipinski definition) is 5. The fourth-order valence-corrected chi connectivity index (χ4v) is 3.27. The lowest BCUT2D eigenvalue weighted by atomic mass is 10.1. The maximum absolute atomic E-state index is 11.8. The zero-order valence-electron chi connectivity index (χ0n) is 11.9. The number of rotatable bonds is 3. The maximum Gasteiger partial charge on any atom is 0.323 e. The van der Waals surface area contributed by atoms with Gasteiger partial charge in [0.05, 0.1) is 13.7 Å². The van der Waals surface area contributed by atoms with Gasteiger partial charge in [0.15, 0.2) is 6.79 Å². The molecule has 1 unspecified atom stereocenters. The second kappa shape index (κ2) is 6.22. The van der Waals surface area contributed by atoms with Gasteiger partial charge in [-0.1, -0.05) is 11.6 Å². The summed E-state index contributed by atoms with van der Waals surface area (Å²) in [4.78, 5) is 14.0. The van der Waals surface area contributed by atoms with Crippen molar-refractivity contribution in [2.24, 2.45) is 0 Å². The van der Waals surface area contributed by atoms with E-state index in [1.807, 2.05) is 12.1 Å². The van der Waals surface area contributed by atoms with Crippen LogP contribution >= 0.6 is 11.6 Å². The summed E-state index contributed by atoms with van der Waals surface area (Å²) in [6.45, 7) is 2.26. The molecule has 1 aromatic rings. The lowest BCUT2D eigenvalue weighted by Gasteiger charge is -2.26. The zero-order chi connectivity index (χ0) is 14.8. The molecular weight excluding hydrogens is 294 g/mol. The van der Waals surface area contributed by atoms with Crippen LogP contribution in [0.3, 0.4) is 0 Å². The molecule has 2 heterocycles. The van der Waals surface area contributed by atoms with Crippen LogP contribution < -0.4 is 4.74 Å². The Morgan fingerprint density at radius 2 is 2.38 bits per heavy atom. The molecule has 0 radical (unpaired) electrons. The van der Waals surface area contributed by atoms with Crippen molar-refractivity contribution in [3.63, 3.8) is 0 Å². The van der Waals surface area contributed by atoms with Crippen LogP contribution in [0.1, 0.15) is 24.0 Å². The number of esters is 1. The number of ether oxygens (including phenoxy) is 3. The summed E-state index contributed by atoms with van der Waals surface area (Å²) in [5.74, 6) is 0.661. The molecule has 1 aromatic carbocycles. The van der Waals surface area contributed by atoms with Crippen LogP contribution in [0.2, 0.25) is 5.02 Å². The highest BCUT2D eigenvalue weighted by Gasteiger charge is 2.32. The largest absolute Gasteiger partial charge is 0.468 e. The van der Waals surface area contributed by atoms with E-state index in [2.05, 4.69) is 4.90 Å². The molecular formula is C15H18ClNO4. The van der Waals surface area contributed by atoms with Crippen LogP contribution in [0.25, 0.3) is 0 Å². The van der Waals surface area contributed by atoms with E-state index in [4.69, 9.17) is 25.8 Å². The van der Waals surface area contributed by atoms with Gasteiger partial charge in [0.25, 0.3) is 0 Å². The average molecular weight is 312 g/mol. The number of carbonyl (C=O) groups is 1.